The first kappa shape index (κ1) is 18.8. The number of para-hydroxylation sites is 2. The Kier molecular flexibility index (Phi) is 5.51. The zero-order valence-electron chi connectivity index (χ0n) is 15.9. The number of hydrogen-bond acceptors (Lipinski definition) is 2. The van der Waals surface area contributed by atoms with Crippen LogP contribution in [0.25, 0.3) is 5.69 Å². The van der Waals surface area contributed by atoms with Crippen molar-refractivity contribution in [1.82, 2.24) is 9.88 Å². The number of amides is 1. The van der Waals surface area contributed by atoms with Gasteiger partial charge in [0.25, 0.3) is 0 Å². The second kappa shape index (κ2) is 8.21. The van der Waals surface area contributed by atoms with Crippen molar-refractivity contribution in [3.05, 3.63) is 83.1 Å². The first-order valence-electron chi connectivity index (χ1n) is 9.75. The Bertz CT molecular complexity index is 981. The van der Waals surface area contributed by atoms with E-state index in [1.807, 2.05) is 59.6 Å². The van der Waals surface area contributed by atoms with Crippen LogP contribution in [0.1, 0.15) is 37.1 Å². The molecule has 1 aliphatic heterocycles. The summed E-state index contributed by atoms with van der Waals surface area (Å²) in [5.74, 6) is 0.0565. The molecule has 1 atom stereocenters. The van der Waals surface area contributed by atoms with Crippen molar-refractivity contribution in [2.45, 2.75) is 25.8 Å². The van der Waals surface area contributed by atoms with E-state index in [1.165, 1.54) is 0 Å². The molecule has 0 fully saturated rings. The summed E-state index contributed by atoms with van der Waals surface area (Å²) in [4.78, 5) is 15.3. The molecular formula is C23H24ClN3O. The van der Waals surface area contributed by atoms with Gasteiger partial charge in [-0.1, -0.05) is 49.2 Å². The summed E-state index contributed by atoms with van der Waals surface area (Å²) in [6, 6.07) is 19.7. The van der Waals surface area contributed by atoms with Gasteiger partial charge in [-0.2, -0.15) is 0 Å². The quantitative estimate of drug-likeness (QED) is 0.601. The average Bonchev–Trinajstić information content (AvgIpc) is 3.20. The second-order valence-corrected chi connectivity index (χ2v) is 7.48. The normalized spacial score (nSPS) is 15.2. The minimum absolute atomic E-state index is 0.0565. The Hall–Kier alpha value is -2.56. The molecule has 0 aliphatic carbocycles. The average molecular weight is 394 g/mol. The zero-order chi connectivity index (χ0) is 19.5. The van der Waals surface area contributed by atoms with Gasteiger partial charge in [-0.15, -0.1) is 0 Å². The molecule has 2 heterocycles. The number of nitrogens with one attached hydrogen (secondary N) is 1. The van der Waals surface area contributed by atoms with Gasteiger partial charge in [0.2, 0.25) is 5.91 Å². The number of hydrogen-bond donors (Lipinski definition) is 1. The molecule has 0 spiro atoms. The number of halogens is 1. The molecule has 3 aromatic rings. The first-order chi connectivity index (χ1) is 13.7. The summed E-state index contributed by atoms with van der Waals surface area (Å²) in [5, 5.41) is 3.96. The van der Waals surface area contributed by atoms with Gasteiger partial charge in [-0.05, 0) is 54.9 Å². The Morgan fingerprint density at radius 1 is 1.07 bits per heavy atom. The third kappa shape index (κ3) is 3.46. The van der Waals surface area contributed by atoms with Gasteiger partial charge in [0.1, 0.15) is 6.04 Å². The van der Waals surface area contributed by atoms with Crippen LogP contribution in [0.3, 0.4) is 0 Å². The van der Waals surface area contributed by atoms with Crippen LogP contribution in [0.15, 0.2) is 66.9 Å². The molecule has 0 saturated carbocycles. The largest absolute Gasteiger partial charge is 0.316 e. The molecule has 28 heavy (non-hydrogen) atoms. The van der Waals surface area contributed by atoms with E-state index in [0.717, 1.165) is 42.0 Å². The molecule has 1 aliphatic rings. The molecule has 1 amide bonds. The monoisotopic (exact) mass is 393 g/mol. The topological polar surface area (TPSA) is 37.3 Å². The second-order valence-electron chi connectivity index (χ2n) is 7.04. The Balaban J connectivity index is 1.79. The molecule has 5 heteroatoms. The van der Waals surface area contributed by atoms with E-state index in [0.29, 0.717) is 11.6 Å². The fourth-order valence-electron chi connectivity index (χ4n) is 3.84. The molecule has 0 bridgehead atoms. The third-order valence-electron chi connectivity index (χ3n) is 5.14. The lowest BCUT2D eigenvalue weighted by Gasteiger charge is -2.38. The smallest absolute Gasteiger partial charge is 0.241 e. The molecule has 4 rings (SSSR count). The standard InChI is InChI=1S/C23H24ClN3O/c1-2-3-13-25-16-22(28)27-20-11-5-4-10-19(20)26-14-7-12-21(26)23(27)17-8-6-9-18(24)15-17/h4-12,14-15,23,25H,2-3,13,16H2,1H3. The lowest BCUT2D eigenvalue weighted by Crippen LogP contribution is -2.44. The lowest BCUT2D eigenvalue weighted by atomic mass is 9.97. The van der Waals surface area contributed by atoms with Crippen LogP contribution in [0, 0.1) is 0 Å². The number of nitrogens with zero attached hydrogens (tertiary/aromatic N) is 2. The maximum absolute atomic E-state index is 13.3. The number of anilines is 1. The first-order valence-corrected chi connectivity index (χ1v) is 10.1. The fourth-order valence-corrected chi connectivity index (χ4v) is 4.04. The van der Waals surface area contributed by atoms with Crippen molar-refractivity contribution in [3.63, 3.8) is 0 Å². The molecule has 144 valence electrons. The van der Waals surface area contributed by atoms with Crippen LogP contribution in [0.2, 0.25) is 5.02 Å². The minimum Gasteiger partial charge on any atom is -0.316 e. The van der Waals surface area contributed by atoms with Gasteiger partial charge in [-0.25, -0.2) is 0 Å². The third-order valence-corrected chi connectivity index (χ3v) is 5.37. The minimum atomic E-state index is -0.218. The number of rotatable bonds is 6. The van der Waals surface area contributed by atoms with E-state index in [2.05, 4.69) is 28.9 Å². The summed E-state index contributed by atoms with van der Waals surface area (Å²) in [5.41, 5.74) is 3.99. The highest BCUT2D eigenvalue weighted by Crippen LogP contribution is 2.42. The number of carbonyl (C=O) groups is 1. The Labute approximate surface area is 170 Å². The van der Waals surface area contributed by atoms with E-state index in [1.54, 1.807) is 0 Å². The van der Waals surface area contributed by atoms with E-state index in [9.17, 15) is 4.79 Å². The van der Waals surface area contributed by atoms with Crippen LogP contribution in [0.5, 0.6) is 0 Å². The SMILES string of the molecule is CCCCNCC(=O)N1c2ccccc2-n2cccc2C1c1cccc(Cl)c1. The summed E-state index contributed by atoms with van der Waals surface area (Å²) in [6.07, 6.45) is 4.21. The summed E-state index contributed by atoms with van der Waals surface area (Å²) < 4.78 is 2.16. The molecular weight excluding hydrogens is 370 g/mol. The summed E-state index contributed by atoms with van der Waals surface area (Å²) >= 11 is 6.29. The van der Waals surface area contributed by atoms with Crippen LogP contribution < -0.4 is 10.2 Å². The molecule has 0 saturated heterocycles. The van der Waals surface area contributed by atoms with E-state index in [-0.39, 0.29) is 11.9 Å². The van der Waals surface area contributed by atoms with Gasteiger partial charge < -0.3 is 9.88 Å². The van der Waals surface area contributed by atoms with Crippen molar-refractivity contribution < 1.29 is 4.79 Å². The van der Waals surface area contributed by atoms with Gasteiger partial charge in [0, 0.05) is 11.2 Å². The highest BCUT2D eigenvalue weighted by molar-refractivity contribution is 6.30. The molecule has 2 aromatic carbocycles. The van der Waals surface area contributed by atoms with Crippen LogP contribution >= 0.6 is 11.6 Å². The molecule has 1 N–H and O–H groups in total. The van der Waals surface area contributed by atoms with Gasteiger partial charge in [-0.3, -0.25) is 9.69 Å². The van der Waals surface area contributed by atoms with Crippen LogP contribution in [0.4, 0.5) is 5.69 Å². The maximum atomic E-state index is 13.3. The number of unbranched alkanes of at least 4 members (excludes halogenated alkanes) is 1. The molecule has 0 radical (unpaired) electrons. The number of carbonyl (C=O) groups excluding carboxylic acids is 1. The van der Waals surface area contributed by atoms with E-state index in [4.69, 9.17) is 11.6 Å². The van der Waals surface area contributed by atoms with Gasteiger partial charge in [0.05, 0.1) is 23.6 Å². The van der Waals surface area contributed by atoms with Crippen LogP contribution in [-0.4, -0.2) is 23.6 Å². The molecule has 4 nitrogen and oxygen atoms in total. The highest BCUT2D eigenvalue weighted by Gasteiger charge is 2.35. The van der Waals surface area contributed by atoms with Crippen molar-refractivity contribution >= 4 is 23.2 Å². The molecule has 1 aromatic heterocycles. The Morgan fingerprint density at radius 3 is 2.68 bits per heavy atom. The number of aromatic nitrogens is 1. The van der Waals surface area contributed by atoms with E-state index >= 15 is 0 Å². The fraction of sp³-hybridized carbons (Fsp3) is 0.261. The predicted octanol–water partition coefficient (Wildman–Crippen LogP) is 4.96. The van der Waals surface area contributed by atoms with Crippen LogP contribution in [-0.2, 0) is 4.79 Å². The lowest BCUT2D eigenvalue weighted by molar-refractivity contribution is -0.118. The van der Waals surface area contributed by atoms with Gasteiger partial charge in [0.15, 0.2) is 0 Å². The van der Waals surface area contributed by atoms with Crippen molar-refractivity contribution in [1.29, 1.82) is 0 Å². The highest BCUT2D eigenvalue weighted by atomic mass is 35.5. The maximum Gasteiger partial charge on any atom is 0.241 e. The van der Waals surface area contributed by atoms with Crippen molar-refractivity contribution in [2.24, 2.45) is 0 Å². The molecule has 1 unspecified atom stereocenters. The number of benzene rings is 2. The summed E-state index contributed by atoms with van der Waals surface area (Å²) in [6.45, 7) is 3.30. The predicted molar refractivity (Wildman–Crippen MR) is 114 cm³/mol. The summed E-state index contributed by atoms with van der Waals surface area (Å²) in [7, 11) is 0. The zero-order valence-corrected chi connectivity index (χ0v) is 16.7. The van der Waals surface area contributed by atoms with Crippen molar-refractivity contribution in [3.8, 4) is 5.69 Å². The van der Waals surface area contributed by atoms with Crippen molar-refractivity contribution in [2.75, 3.05) is 18.0 Å². The Morgan fingerprint density at radius 2 is 1.89 bits per heavy atom. The van der Waals surface area contributed by atoms with E-state index < -0.39 is 0 Å². The van der Waals surface area contributed by atoms with Gasteiger partial charge >= 0.3 is 0 Å². The number of fused-ring (bicyclic) bond motifs is 3.